The van der Waals surface area contributed by atoms with Crippen LogP contribution in [0, 0.1) is 0 Å². The number of morpholine rings is 1. The Labute approximate surface area is 163 Å². The van der Waals surface area contributed by atoms with Crippen LogP contribution in [0.2, 0.25) is 0 Å². The molecule has 0 unspecified atom stereocenters. The summed E-state index contributed by atoms with van der Waals surface area (Å²) in [6.07, 6.45) is 0.704. The van der Waals surface area contributed by atoms with Gasteiger partial charge in [-0.05, 0) is 31.0 Å². The molecule has 2 aliphatic rings. The van der Waals surface area contributed by atoms with Gasteiger partial charge in [-0.25, -0.2) is 0 Å². The van der Waals surface area contributed by atoms with Gasteiger partial charge in [-0.2, -0.15) is 0 Å². The summed E-state index contributed by atoms with van der Waals surface area (Å²) in [6.45, 7) is 5.65. The van der Waals surface area contributed by atoms with Crippen molar-refractivity contribution in [1.82, 2.24) is 9.80 Å². The summed E-state index contributed by atoms with van der Waals surface area (Å²) in [5, 5.41) is 20.2. The average Bonchev–Trinajstić information content (AvgIpc) is 2.94. The molecule has 0 radical (unpaired) electrons. The second kappa shape index (κ2) is 8.62. The van der Waals surface area contributed by atoms with Crippen LogP contribution in [0.25, 0.3) is 0 Å². The monoisotopic (exact) mass is 390 g/mol. The summed E-state index contributed by atoms with van der Waals surface area (Å²) < 4.78 is 10.5. The topological polar surface area (TPSA) is 99.5 Å². The van der Waals surface area contributed by atoms with Crippen molar-refractivity contribution in [2.24, 2.45) is 0 Å². The highest BCUT2D eigenvalue weighted by Gasteiger charge is 2.42. The van der Waals surface area contributed by atoms with Crippen LogP contribution in [0.3, 0.4) is 0 Å². The first-order valence-electron chi connectivity index (χ1n) is 9.36. The van der Waals surface area contributed by atoms with Gasteiger partial charge < -0.3 is 24.6 Å². The number of ketones is 1. The Morgan fingerprint density at radius 1 is 1.25 bits per heavy atom. The lowest BCUT2D eigenvalue weighted by molar-refractivity contribution is -0.129. The zero-order chi connectivity index (χ0) is 20.3. The van der Waals surface area contributed by atoms with Crippen molar-refractivity contribution < 1.29 is 29.3 Å². The molecular formula is C20H26N2O6. The molecule has 0 spiro atoms. The molecule has 1 atom stereocenters. The van der Waals surface area contributed by atoms with E-state index in [1.807, 2.05) is 0 Å². The van der Waals surface area contributed by atoms with Crippen LogP contribution >= 0.6 is 0 Å². The molecule has 0 saturated carbocycles. The maximum absolute atomic E-state index is 12.7. The average molecular weight is 390 g/mol. The van der Waals surface area contributed by atoms with Crippen molar-refractivity contribution in [3.63, 3.8) is 0 Å². The van der Waals surface area contributed by atoms with Crippen molar-refractivity contribution in [2.45, 2.75) is 19.4 Å². The van der Waals surface area contributed by atoms with Crippen molar-refractivity contribution in [3.05, 3.63) is 35.1 Å². The lowest BCUT2D eigenvalue weighted by Crippen LogP contribution is -2.39. The minimum atomic E-state index is -0.704. The Kier molecular flexibility index (Phi) is 6.21. The number of phenols is 1. The summed E-state index contributed by atoms with van der Waals surface area (Å²) in [7, 11) is 1.43. The van der Waals surface area contributed by atoms with E-state index >= 15 is 0 Å². The third-order valence-corrected chi connectivity index (χ3v) is 5.18. The highest BCUT2D eigenvalue weighted by atomic mass is 16.5. The molecule has 2 aliphatic heterocycles. The van der Waals surface area contributed by atoms with E-state index < -0.39 is 17.7 Å². The molecule has 1 aromatic carbocycles. The number of aliphatic hydroxyl groups excluding tert-OH is 1. The van der Waals surface area contributed by atoms with E-state index in [0.717, 1.165) is 19.6 Å². The maximum atomic E-state index is 12.7. The fourth-order valence-electron chi connectivity index (χ4n) is 3.74. The maximum Gasteiger partial charge on any atom is 0.290 e. The van der Waals surface area contributed by atoms with Crippen LogP contribution in [0.4, 0.5) is 0 Å². The summed E-state index contributed by atoms with van der Waals surface area (Å²) in [4.78, 5) is 28.6. The van der Waals surface area contributed by atoms with E-state index in [2.05, 4.69) is 4.90 Å². The number of amides is 1. The van der Waals surface area contributed by atoms with Gasteiger partial charge >= 0.3 is 0 Å². The van der Waals surface area contributed by atoms with Crippen molar-refractivity contribution in [2.75, 3.05) is 46.5 Å². The molecule has 1 fully saturated rings. The predicted molar refractivity (Wildman–Crippen MR) is 101 cm³/mol. The first-order valence-corrected chi connectivity index (χ1v) is 9.36. The van der Waals surface area contributed by atoms with Crippen molar-refractivity contribution in [1.29, 1.82) is 0 Å². The molecule has 8 nitrogen and oxygen atoms in total. The second-order valence-electron chi connectivity index (χ2n) is 6.96. The Morgan fingerprint density at radius 2 is 1.96 bits per heavy atom. The number of aliphatic hydroxyl groups is 1. The number of hydrogen-bond donors (Lipinski definition) is 2. The van der Waals surface area contributed by atoms with Gasteiger partial charge in [-0.3, -0.25) is 14.5 Å². The number of carbonyl (C=O) groups excluding carboxylic acids is 2. The Morgan fingerprint density at radius 3 is 2.61 bits per heavy atom. The van der Waals surface area contributed by atoms with Crippen LogP contribution in [-0.4, -0.2) is 78.2 Å². The number of nitrogens with zero attached hydrogens (tertiary/aromatic N) is 2. The molecule has 1 amide bonds. The summed E-state index contributed by atoms with van der Waals surface area (Å²) in [6, 6.07) is 3.97. The van der Waals surface area contributed by atoms with Crippen molar-refractivity contribution in [3.8, 4) is 11.5 Å². The number of hydrogen-bond acceptors (Lipinski definition) is 7. The van der Waals surface area contributed by atoms with E-state index in [1.165, 1.54) is 25.0 Å². The van der Waals surface area contributed by atoms with Crippen molar-refractivity contribution >= 4 is 11.7 Å². The van der Waals surface area contributed by atoms with E-state index in [0.29, 0.717) is 31.7 Å². The van der Waals surface area contributed by atoms with E-state index in [9.17, 15) is 19.8 Å². The zero-order valence-corrected chi connectivity index (χ0v) is 16.2. The van der Waals surface area contributed by atoms with Gasteiger partial charge in [0.25, 0.3) is 5.91 Å². The molecular weight excluding hydrogens is 364 g/mol. The van der Waals surface area contributed by atoms with Gasteiger partial charge in [0.15, 0.2) is 23.0 Å². The number of aromatic hydroxyl groups is 1. The molecule has 1 aromatic rings. The van der Waals surface area contributed by atoms with Gasteiger partial charge in [0.2, 0.25) is 0 Å². The molecule has 3 rings (SSSR count). The molecule has 2 N–H and O–H groups in total. The lowest BCUT2D eigenvalue weighted by Gasteiger charge is -2.30. The summed E-state index contributed by atoms with van der Waals surface area (Å²) in [5.41, 5.74) is 0.674. The van der Waals surface area contributed by atoms with Crippen LogP contribution in [-0.2, 0) is 14.3 Å². The Balaban J connectivity index is 1.83. The fraction of sp³-hybridized carbons (Fsp3) is 0.500. The smallest absolute Gasteiger partial charge is 0.290 e. The standard InChI is InChI=1S/C20H26N2O6/c1-13(23)17-18(14-4-5-15(24)16(12-14)27-2)22(20(26)19(17)25)7-3-6-21-8-10-28-11-9-21/h4-5,12,18,24-25H,3,6-11H2,1-2H3/t18-/m1/s1. The van der Waals surface area contributed by atoms with Gasteiger partial charge in [0, 0.05) is 26.2 Å². The lowest BCUT2D eigenvalue weighted by atomic mass is 9.96. The molecule has 2 heterocycles. The first-order chi connectivity index (χ1) is 13.4. The number of phenolic OH excluding ortho intramolecular Hbond substituents is 1. The molecule has 8 heteroatoms. The minimum absolute atomic E-state index is 0.0352. The largest absolute Gasteiger partial charge is 0.504 e. The normalized spacial score (nSPS) is 20.7. The predicted octanol–water partition coefficient (Wildman–Crippen LogP) is 1.41. The molecule has 152 valence electrons. The van der Waals surface area contributed by atoms with Gasteiger partial charge in [-0.1, -0.05) is 6.07 Å². The van der Waals surface area contributed by atoms with E-state index in [-0.39, 0.29) is 22.9 Å². The van der Waals surface area contributed by atoms with E-state index in [4.69, 9.17) is 9.47 Å². The van der Waals surface area contributed by atoms with Crippen LogP contribution in [0.15, 0.2) is 29.5 Å². The number of carbonyl (C=O) groups is 2. The highest BCUT2D eigenvalue weighted by Crippen LogP contribution is 2.40. The van der Waals surface area contributed by atoms with Crippen LogP contribution in [0.5, 0.6) is 11.5 Å². The minimum Gasteiger partial charge on any atom is -0.504 e. The second-order valence-corrected chi connectivity index (χ2v) is 6.96. The Bertz CT molecular complexity index is 785. The molecule has 1 saturated heterocycles. The third-order valence-electron chi connectivity index (χ3n) is 5.18. The molecule has 0 aliphatic carbocycles. The summed E-state index contributed by atoms with van der Waals surface area (Å²) in [5.74, 6) is -1.21. The van der Waals surface area contributed by atoms with Gasteiger partial charge in [0.05, 0.1) is 31.9 Å². The van der Waals surface area contributed by atoms with Gasteiger partial charge in [-0.15, -0.1) is 0 Å². The third kappa shape index (κ3) is 3.98. The highest BCUT2D eigenvalue weighted by molar-refractivity contribution is 6.08. The Hall–Kier alpha value is -2.58. The number of benzene rings is 1. The zero-order valence-electron chi connectivity index (χ0n) is 16.2. The summed E-state index contributed by atoms with van der Waals surface area (Å²) >= 11 is 0. The van der Waals surface area contributed by atoms with Crippen LogP contribution in [0.1, 0.15) is 24.9 Å². The fourth-order valence-corrected chi connectivity index (χ4v) is 3.74. The molecule has 0 aromatic heterocycles. The number of ether oxygens (including phenoxy) is 2. The van der Waals surface area contributed by atoms with E-state index in [1.54, 1.807) is 12.1 Å². The quantitative estimate of drug-likeness (QED) is 0.726. The number of Topliss-reactive ketones (excluding diaryl/α,β-unsaturated/α-hetero) is 1. The van der Waals surface area contributed by atoms with Crippen LogP contribution < -0.4 is 4.74 Å². The molecule has 28 heavy (non-hydrogen) atoms. The number of rotatable bonds is 7. The first kappa shape index (κ1) is 20.2. The SMILES string of the molecule is COc1cc([C@@H]2C(C(C)=O)=C(O)C(=O)N2CCCN2CCOCC2)ccc1O. The van der Waals surface area contributed by atoms with Gasteiger partial charge in [0.1, 0.15) is 0 Å². The number of methoxy groups -OCH3 is 1. The molecule has 0 bridgehead atoms.